The number of piperidine rings is 1. The summed E-state index contributed by atoms with van der Waals surface area (Å²) in [5.74, 6) is -3.36. The number of amides is 1. The van der Waals surface area contributed by atoms with Gasteiger partial charge in [-0.25, -0.2) is 18.7 Å². The third kappa shape index (κ3) is 7.24. The second-order valence-corrected chi connectivity index (χ2v) is 11.0. The highest BCUT2D eigenvalue weighted by Gasteiger charge is 2.39. The molecule has 0 bridgehead atoms. The van der Waals surface area contributed by atoms with E-state index < -0.39 is 35.0 Å². The number of hydrogen-bond donors (Lipinski definition) is 1. The van der Waals surface area contributed by atoms with Crippen LogP contribution in [0.5, 0.6) is 0 Å². The normalized spacial score (nSPS) is 16.8. The zero-order chi connectivity index (χ0) is 30.7. The number of piperazine rings is 1. The summed E-state index contributed by atoms with van der Waals surface area (Å²) in [5.41, 5.74) is 0.0781. The lowest BCUT2D eigenvalue weighted by Crippen LogP contribution is -2.53. The number of nitrogens with one attached hydrogen (secondary N) is 1. The van der Waals surface area contributed by atoms with Crippen molar-refractivity contribution in [1.29, 1.82) is 0 Å². The number of carbonyl (C=O) groups is 1. The second-order valence-electron chi connectivity index (χ2n) is 10.6. The summed E-state index contributed by atoms with van der Waals surface area (Å²) in [7, 11) is 0. The fourth-order valence-corrected chi connectivity index (χ4v) is 5.57. The van der Waals surface area contributed by atoms with E-state index in [0.29, 0.717) is 37.2 Å². The number of nitrogens with zero attached hydrogens (tertiary/aromatic N) is 5. The highest BCUT2D eigenvalue weighted by atomic mass is 35.5. The molecule has 3 heterocycles. The average Bonchev–Trinajstić information content (AvgIpc) is 3.01. The predicted molar refractivity (Wildman–Crippen MR) is 153 cm³/mol. The molecule has 13 heteroatoms. The first-order chi connectivity index (χ1) is 20.5. The van der Waals surface area contributed by atoms with Crippen LogP contribution in [0.2, 0.25) is 5.02 Å². The molecule has 2 saturated heterocycles. The van der Waals surface area contributed by atoms with Crippen molar-refractivity contribution < 1.29 is 26.7 Å². The van der Waals surface area contributed by atoms with E-state index in [1.165, 1.54) is 6.07 Å². The monoisotopic (exact) mass is 620 g/mol. The molecule has 2 aromatic carbocycles. The van der Waals surface area contributed by atoms with Crippen molar-refractivity contribution in [3.05, 3.63) is 94.3 Å². The lowest BCUT2D eigenvalue weighted by atomic mass is 10.0. The van der Waals surface area contributed by atoms with Gasteiger partial charge in [-0.2, -0.15) is 13.2 Å². The van der Waals surface area contributed by atoms with Crippen LogP contribution < -0.4 is 10.2 Å². The van der Waals surface area contributed by atoms with Gasteiger partial charge in [-0.1, -0.05) is 36.4 Å². The Hall–Kier alpha value is -3.77. The zero-order valence-electron chi connectivity index (χ0n) is 23.2. The summed E-state index contributed by atoms with van der Waals surface area (Å²) in [6.07, 6.45) is -2.16. The second kappa shape index (κ2) is 12.8. The minimum atomic E-state index is -4.90. The standard InChI is InChI=1S/C30H30ClF5N6O/c1-19(21-3-5-22(31)6-4-21)40-10-8-23(9-11-40)41-12-14-42(15-13-41)29-38-18-24(27(39-29)30(34,35)36)28(43)37-17-20-2-7-25(32)26(33)16-20/h2-7,16,18,23H,1,8-15,17H2,(H,37,43). The van der Waals surface area contributed by atoms with E-state index in [1.54, 1.807) is 4.90 Å². The molecule has 5 rings (SSSR count). The van der Waals surface area contributed by atoms with Crippen LogP contribution in [-0.4, -0.2) is 71.0 Å². The Bertz CT molecular complexity index is 1470. The third-order valence-electron chi connectivity index (χ3n) is 7.86. The van der Waals surface area contributed by atoms with Gasteiger partial charge >= 0.3 is 6.18 Å². The van der Waals surface area contributed by atoms with Gasteiger partial charge in [0.05, 0.1) is 5.56 Å². The molecule has 1 aromatic heterocycles. The highest BCUT2D eigenvalue weighted by Crippen LogP contribution is 2.32. The largest absolute Gasteiger partial charge is 0.434 e. The number of alkyl halides is 3. The molecule has 0 atom stereocenters. The molecule has 2 aliphatic rings. The first-order valence-corrected chi connectivity index (χ1v) is 14.2. The van der Waals surface area contributed by atoms with E-state index in [2.05, 4.69) is 31.7 Å². The highest BCUT2D eigenvalue weighted by molar-refractivity contribution is 6.30. The van der Waals surface area contributed by atoms with Crippen LogP contribution in [0, 0.1) is 11.6 Å². The Morgan fingerprint density at radius 1 is 0.977 bits per heavy atom. The molecule has 0 aliphatic carbocycles. The van der Waals surface area contributed by atoms with Gasteiger partial charge in [-0.15, -0.1) is 0 Å². The predicted octanol–water partition coefficient (Wildman–Crippen LogP) is 5.61. The minimum Gasteiger partial charge on any atom is -0.371 e. The van der Waals surface area contributed by atoms with Crippen molar-refractivity contribution in [2.45, 2.75) is 31.6 Å². The maximum absolute atomic E-state index is 13.9. The first-order valence-electron chi connectivity index (χ1n) is 13.8. The summed E-state index contributed by atoms with van der Waals surface area (Å²) in [6.45, 7) is 7.82. The number of halogens is 6. The molecule has 3 aromatic rings. The van der Waals surface area contributed by atoms with E-state index in [1.807, 2.05) is 24.3 Å². The number of anilines is 1. The number of likely N-dealkylation sites (tertiary alicyclic amines) is 1. The first kappa shape index (κ1) is 30.7. The van der Waals surface area contributed by atoms with Gasteiger partial charge in [-0.05, 0) is 48.2 Å². The molecular weight excluding hydrogens is 591 g/mol. The lowest BCUT2D eigenvalue weighted by molar-refractivity contribution is -0.141. The fourth-order valence-electron chi connectivity index (χ4n) is 5.45. The van der Waals surface area contributed by atoms with E-state index in [-0.39, 0.29) is 18.1 Å². The van der Waals surface area contributed by atoms with Crippen molar-refractivity contribution in [1.82, 2.24) is 25.1 Å². The zero-order valence-corrected chi connectivity index (χ0v) is 23.9. The van der Waals surface area contributed by atoms with E-state index in [0.717, 1.165) is 55.5 Å². The van der Waals surface area contributed by atoms with Crippen molar-refractivity contribution in [3.63, 3.8) is 0 Å². The van der Waals surface area contributed by atoms with Crippen molar-refractivity contribution in [2.24, 2.45) is 0 Å². The van der Waals surface area contributed by atoms with Gasteiger partial charge in [0.1, 0.15) is 0 Å². The summed E-state index contributed by atoms with van der Waals surface area (Å²) in [5, 5.41) is 2.97. The molecule has 2 fully saturated rings. The lowest BCUT2D eigenvalue weighted by Gasteiger charge is -2.43. The quantitative estimate of drug-likeness (QED) is 0.346. The SMILES string of the molecule is C=C(c1ccc(Cl)cc1)N1CCC(N2CCN(c3ncc(C(=O)NCc4ccc(F)c(F)c4)c(C(F)(F)F)n3)CC2)CC1. The van der Waals surface area contributed by atoms with Crippen LogP contribution in [-0.2, 0) is 12.7 Å². The Balaban J connectivity index is 1.17. The van der Waals surface area contributed by atoms with E-state index >= 15 is 0 Å². The Morgan fingerprint density at radius 2 is 1.65 bits per heavy atom. The number of benzene rings is 2. The third-order valence-corrected chi connectivity index (χ3v) is 8.12. The van der Waals surface area contributed by atoms with Crippen molar-refractivity contribution >= 4 is 29.2 Å². The minimum absolute atomic E-state index is 0.0989. The van der Waals surface area contributed by atoms with Gasteiger partial charge < -0.3 is 15.1 Å². The van der Waals surface area contributed by atoms with Crippen LogP contribution in [0.25, 0.3) is 5.70 Å². The summed E-state index contributed by atoms with van der Waals surface area (Å²) in [6, 6.07) is 10.9. The van der Waals surface area contributed by atoms with Gasteiger partial charge in [0, 0.05) is 68.8 Å². The van der Waals surface area contributed by atoms with E-state index in [4.69, 9.17) is 11.6 Å². The molecule has 1 N–H and O–H groups in total. The Labute approximate surface area is 251 Å². The maximum Gasteiger partial charge on any atom is 0.434 e. The molecule has 0 spiro atoms. The Kier molecular flexibility index (Phi) is 9.16. The van der Waals surface area contributed by atoms with Gasteiger partial charge in [0.2, 0.25) is 5.95 Å². The molecule has 2 aliphatic heterocycles. The average molecular weight is 621 g/mol. The molecule has 43 heavy (non-hydrogen) atoms. The molecule has 228 valence electrons. The maximum atomic E-state index is 13.9. The van der Waals surface area contributed by atoms with Crippen molar-refractivity contribution in [2.75, 3.05) is 44.2 Å². The number of carbonyl (C=O) groups excluding carboxylic acids is 1. The van der Waals surface area contributed by atoms with Gasteiger partial charge in [0.25, 0.3) is 5.91 Å². The smallest absolute Gasteiger partial charge is 0.371 e. The molecule has 1 amide bonds. The summed E-state index contributed by atoms with van der Waals surface area (Å²) >= 11 is 6.00. The van der Waals surface area contributed by atoms with Crippen LogP contribution in [0.15, 0.2) is 55.2 Å². The summed E-state index contributed by atoms with van der Waals surface area (Å²) in [4.78, 5) is 26.7. The van der Waals surface area contributed by atoms with Gasteiger partial charge in [-0.3, -0.25) is 9.69 Å². The van der Waals surface area contributed by atoms with Crippen LogP contribution in [0.4, 0.5) is 27.9 Å². The fraction of sp³-hybridized carbons (Fsp3) is 0.367. The molecule has 0 saturated carbocycles. The number of rotatable bonds is 7. The van der Waals surface area contributed by atoms with Crippen LogP contribution in [0.3, 0.4) is 0 Å². The van der Waals surface area contributed by atoms with Crippen molar-refractivity contribution in [3.8, 4) is 0 Å². The molecule has 0 radical (unpaired) electrons. The number of aromatic nitrogens is 2. The Morgan fingerprint density at radius 3 is 2.28 bits per heavy atom. The topological polar surface area (TPSA) is 64.6 Å². The number of hydrogen-bond acceptors (Lipinski definition) is 6. The molecule has 0 unspecified atom stereocenters. The molecule has 7 nitrogen and oxygen atoms in total. The molecular formula is C30H30ClF5N6O. The van der Waals surface area contributed by atoms with Crippen LogP contribution >= 0.6 is 11.6 Å². The van der Waals surface area contributed by atoms with Gasteiger partial charge in [0.15, 0.2) is 17.3 Å². The summed E-state index contributed by atoms with van der Waals surface area (Å²) < 4.78 is 68.4. The van der Waals surface area contributed by atoms with E-state index in [9.17, 15) is 26.7 Å². The van der Waals surface area contributed by atoms with Crippen LogP contribution in [0.1, 0.15) is 40.0 Å².